The molecule has 0 spiro atoms. The molecule has 0 bridgehead atoms. The van der Waals surface area contributed by atoms with Crippen LogP contribution in [-0.4, -0.2) is 17.2 Å². The van der Waals surface area contributed by atoms with Crippen molar-refractivity contribution in [1.29, 1.82) is 0 Å². The highest BCUT2D eigenvalue weighted by Gasteiger charge is 2.12. The molecule has 2 aromatic rings. The van der Waals surface area contributed by atoms with Crippen LogP contribution in [0.25, 0.3) is 0 Å². The molecule has 0 fully saturated rings. The summed E-state index contributed by atoms with van der Waals surface area (Å²) in [7, 11) is 1.84. The predicted octanol–water partition coefficient (Wildman–Crippen LogP) is 1.93. The van der Waals surface area contributed by atoms with Crippen molar-refractivity contribution in [3.05, 3.63) is 42.0 Å². The normalized spacial score (nSPS) is 12.4. The van der Waals surface area contributed by atoms with E-state index >= 15 is 0 Å². The van der Waals surface area contributed by atoms with Gasteiger partial charge in [-0.15, -0.1) is 0 Å². The number of nitrogens with one attached hydrogen (secondary N) is 1. The van der Waals surface area contributed by atoms with Crippen LogP contribution in [0.3, 0.4) is 0 Å². The lowest BCUT2D eigenvalue weighted by Gasteiger charge is -2.02. The second-order valence-electron chi connectivity index (χ2n) is 3.66. The van der Waals surface area contributed by atoms with Gasteiger partial charge in [-0.2, -0.15) is 4.98 Å². The molecule has 17 heavy (non-hydrogen) atoms. The van der Waals surface area contributed by atoms with Gasteiger partial charge in [-0.05, 0) is 26.1 Å². The number of hydrogen-bond acceptors (Lipinski definition) is 5. The lowest BCUT2D eigenvalue weighted by atomic mass is 10.3. The third kappa shape index (κ3) is 3.04. The maximum Gasteiger partial charge on any atom is 0.243 e. The minimum Gasteiger partial charge on any atom is -0.485 e. The van der Waals surface area contributed by atoms with Crippen molar-refractivity contribution in [1.82, 2.24) is 15.5 Å². The molecule has 0 aliphatic heterocycles. The zero-order chi connectivity index (χ0) is 12.1. The van der Waals surface area contributed by atoms with E-state index in [0.717, 1.165) is 5.75 Å². The molecule has 1 aromatic carbocycles. The molecule has 0 saturated carbocycles. The Hall–Kier alpha value is -1.88. The van der Waals surface area contributed by atoms with E-state index in [9.17, 15) is 0 Å². The fraction of sp³-hybridized carbons (Fsp3) is 0.333. The van der Waals surface area contributed by atoms with Crippen molar-refractivity contribution in [3.8, 4) is 5.75 Å². The smallest absolute Gasteiger partial charge is 0.243 e. The maximum atomic E-state index is 5.51. The van der Waals surface area contributed by atoms with Gasteiger partial charge in [-0.25, -0.2) is 0 Å². The van der Waals surface area contributed by atoms with Crippen LogP contribution in [0.15, 0.2) is 34.9 Å². The highest BCUT2D eigenvalue weighted by atomic mass is 16.5. The number of aromatic nitrogens is 2. The van der Waals surface area contributed by atoms with E-state index in [-0.39, 0.29) is 6.04 Å². The molecule has 0 aliphatic rings. The Bertz CT molecular complexity index is 456. The minimum absolute atomic E-state index is 0.0491. The van der Waals surface area contributed by atoms with E-state index in [2.05, 4.69) is 15.5 Å². The topological polar surface area (TPSA) is 60.2 Å². The summed E-state index contributed by atoms with van der Waals surface area (Å²) >= 11 is 0. The molecule has 1 N–H and O–H groups in total. The zero-order valence-electron chi connectivity index (χ0n) is 9.88. The van der Waals surface area contributed by atoms with Gasteiger partial charge in [0.05, 0.1) is 6.04 Å². The van der Waals surface area contributed by atoms with Crippen molar-refractivity contribution in [2.45, 2.75) is 19.6 Å². The standard InChI is InChI=1S/C12H15N3O2/c1-9(13-2)12-14-11(15-17-12)8-16-10-6-4-3-5-7-10/h3-7,9,13H,8H2,1-2H3. The lowest BCUT2D eigenvalue weighted by Crippen LogP contribution is -2.12. The fourth-order valence-corrected chi connectivity index (χ4v) is 1.29. The second kappa shape index (κ2) is 5.45. The third-order valence-electron chi connectivity index (χ3n) is 2.40. The molecule has 0 aliphatic carbocycles. The van der Waals surface area contributed by atoms with Crippen molar-refractivity contribution in [2.75, 3.05) is 7.05 Å². The summed E-state index contributed by atoms with van der Waals surface area (Å²) < 4.78 is 10.6. The lowest BCUT2D eigenvalue weighted by molar-refractivity contribution is 0.283. The van der Waals surface area contributed by atoms with Crippen LogP contribution in [0.5, 0.6) is 5.75 Å². The molecule has 1 aromatic heterocycles. The first-order valence-electron chi connectivity index (χ1n) is 5.47. The first-order chi connectivity index (χ1) is 8.29. The molecular weight excluding hydrogens is 218 g/mol. The van der Waals surface area contributed by atoms with E-state index in [4.69, 9.17) is 9.26 Å². The monoisotopic (exact) mass is 233 g/mol. The van der Waals surface area contributed by atoms with Crippen LogP contribution in [0.2, 0.25) is 0 Å². The average Bonchev–Trinajstić information content (AvgIpc) is 2.85. The second-order valence-corrected chi connectivity index (χ2v) is 3.66. The molecule has 1 heterocycles. The van der Waals surface area contributed by atoms with Gasteiger partial charge in [0.25, 0.3) is 0 Å². The molecule has 1 unspecified atom stereocenters. The van der Waals surface area contributed by atoms with E-state index in [1.165, 1.54) is 0 Å². The highest BCUT2D eigenvalue weighted by molar-refractivity contribution is 5.20. The summed E-state index contributed by atoms with van der Waals surface area (Å²) in [5, 5.41) is 6.88. The predicted molar refractivity (Wildman–Crippen MR) is 62.5 cm³/mol. The van der Waals surface area contributed by atoms with Gasteiger partial charge in [-0.3, -0.25) is 0 Å². The molecule has 0 saturated heterocycles. The molecule has 5 nitrogen and oxygen atoms in total. The molecule has 2 rings (SSSR count). The Morgan fingerprint density at radius 3 is 2.82 bits per heavy atom. The van der Waals surface area contributed by atoms with Gasteiger partial charge in [0, 0.05) is 0 Å². The number of rotatable bonds is 5. The van der Waals surface area contributed by atoms with E-state index in [1.807, 2.05) is 44.3 Å². The Labute approximate surface area is 99.8 Å². The Morgan fingerprint density at radius 1 is 1.35 bits per heavy atom. The van der Waals surface area contributed by atoms with Crippen LogP contribution in [0.4, 0.5) is 0 Å². The van der Waals surface area contributed by atoms with Crippen molar-refractivity contribution < 1.29 is 9.26 Å². The average molecular weight is 233 g/mol. The summed E-state index contributed by atoms with van der Waals surface area (Å²) in [6, 6.07) is 9.59. The fourth-order valence-electron chi connectivity index (χ4n) is 1.29. The van der Waals surface area contributed by atoms with E-state index in [0.29, 0.717) is 18.3 Å². The molecular formula is C12H15N3O2. The van der Waals surface area contributed by atoms with Crippen molar-refractivity contribution in [2.24, 2.45) is 0 Å². The Morgan fingerprint density at radius 2 is 2.12 bits per heavy atom. The van der Waals surface area contributed by atoms with Gasteiger partial charge < -0.3 is 14.6 Å². The van der Waals surface area contributed by atoms with Crippen molar-refractivity contribution in [3.63, 3.8) is 0 Å². The van der Waals surface area contributed by atoms with Crippen LogP contribution in [-0.2, 0) is 6.61 Å². The quantitative estimate of drug-likeness (QED) is 0.855. The molecule has 1 atom stereocenters. The SMILES string of the molecule is CNC(C)c1nc(COc2ccccc2)no1. The van der Waals surface area contributed by atoms with Gasteiger partial charge in [0.1, 0.15) is 5.75 Å². The highest BCUT2D eigenvalue weighted by Crippen LogP contribution is 2.12. The van der Waals surface area contributed by atoms with E-state index in [1.54, 1.807) is 0 Å². The summed E-state index contributed by atoms with van der Waals surface area (Å²) in [5.41, 5.74) is 0. The van der Waals surface area contributed by atoms with Crippen LogP contribution < -0.4 is 10.1 Å². The summed E-state index contributed by atoms with van der Waals surface area (Å²) in [5.74, 6) is 1.91. The summed E-state index contributed by atoms with van der Waals surface area (Å²) in [6.45, 7) is 2.26. The Kier molecular flexibility index (Phi) is 3.72. The van der Waals surface area contributed by atoms with Gasteiger partial charge >= 0.3 is 0 Å². The molecule has 90 valence electrons. The molecule has 0 radical (unpaired) electrons. The Balaban J connectivity index is 1.94. The maximum absolute atomic E-state index is 5.51. The number of para-hydroxylation sites is 1. The third-order valence-corrected chi connectivity index (χ3v) is 2.40. The van der Waals surface area contributed by atoms with Crippen LogP contribution in [0, 0.1) is 0 Å². The first kappa shape index (κ1) is 11.6. The van der Waals surface area contributed by atoms with Gasteiger partial charge in [0.15, 0.2) is 6.61 Å². The van der Waals surface area contributed by atoms with Crippen molar-refractivity contribution >= 4 is 0 Å². The van der Waals surface area contributed by atoms with E-state index < -0.39 is 0 Å². The number of benzene rings is 1. The summed E-state index contributed by atoms with van der Waals surface area (Å²) in [6.07, 6.45) is 0. The molecule has 5 heteroatoms. The van der Waals surface area contributed by atoms with Gasteiger partial charge in [0.2, 0.25) is 11.7 Å². The summed E-state index contributed by atoms with van der Waals surface area (Å²) in [4.78, 5) is 4.23. The number of ether oxygens (including phenoxy) is 1. The van der Waals surface area contributed by atoms with Gasteiger partial charge in [-0.1, -0.05) is 23.4 Å². The zero-order valence-corrected chi connectivity index (χ0v) is 9.88. The minimum atomic E-state index is 0.0491. The first-order valence-corrected chi connectivity index (χ1v) is 5.47. The molecule has 0 amide bonds. The number of nitrogens with zero attached hydrogens (tertiary/aromatic N) is 2. The largest absolute Gasteiger partial charge is 0.485 e. The van der Waals surface area contributed by atoms with Crippen LogP contribution in [0.1, 0.15) is 24.7 Å². The number of hydrogen-bond donors (Lipinski definition) is 1. The van der Waals surface area contributed by atoms with Crippen LogP contribution >= 0.6 is 0 Å².